The molecule has 1 aromatic heterocycles. The van der Waals surface area contributed by atoms with E-state index in [1.54, 1.807) is 12.1 Å². The average molecular weight is 424 g/mol. The van der Waals surface area contributed by atoms with E-state index in [-0.39, 0.29) is 23.0 Å². The standard InChI is InChI=1S/C17H13FN2O6S2/c1-24-16(21)8-20-12-6-13-14(26-9-25-13)7-15(12)27-17(20)19-28(22,23)11-4-2-10(18)3-5-11/h2-7H,8-9H2,1H3. The fourth-order valence-electron chi connectivity index (χ4n) is 2.64. The summed E-state index contributed by atoms with van der Waals surface area (Å²) in [6, 6.07) is 7.68. The Hall–Kier alpha value is -2.92. The molecular formula is C17H13FN2O6S2. The summed E-state index contributed by atoms with van der Waals surface area (Å²) in [6.45, 7) is -0.159. The molecule has 0 spiro atoms. The van der Waals surface area contributed by atoms with Gasteiger partial charge in [0.1, 0.15) is 12.4 Å². The number of benzene rings is 2. The van der Waals surface area contributed by atoms with E-state index in [0.29, 0.717) is 21.7 Å². The number of hydrogen-bond acceptors (Lipinski definition) is 7. The van der Waals surface area contributed by atoms with Crippen LogP contribution in [0.5, 0.6) is 11.5 Å². The van der Waals surface area contributed by atoms with Crippen LogP contribution in [0.15, 0.2) is 45.7 Å². The number of fused-ring (bicyclic) bond motifs is 2. The number of ether oxygens (including phenoxy) is 3. The van der Waals surface area contributed by atoms with E-state index in [4.69, 9.17) is 14.2 Å². The van der Waals surface area contributed by atoms with Gasteiger partial charge in [-0.25, -0.2) is 4.39 Å². The largest absolute Gasteiger partial charge is 0.468 e. The Morgan fingerprint density at radius 1 is 1.25 bits per heavy atom. The first-order valence-corrected chi connectivity index (χ1v) is 10.2. The fourth-order valence-corrected chi connectivity index (χ4v) is 4.88. The minimum absolute atomic E-state index is 0.0633. The Balaban J connectivity index is 1.92. The molecule has 2 aromatic carbocycles. The number of sulfonamides is 1. The number of carbonyl (C=O) groups is 1. The van der Waals surface area contributed by atoms with Crippen LogP contribution in [0.25, 0.3) is 10.2 Å². The van der Waals surface area contributed by atoms with E-state index in [2.05, 4.69) is 4.40 Å². The quantitative estimate of drug-likeness (QED) is 0.595. The predicted octanol–water partition coefficient (Wildman–Crippen LogP) is 2.03. The summed E-state index contributed by atoms with van der Waals surface area (Å²) in [5, 5.41) is 0. The first kappa shape index (κ1) is 18.4. The number of thiazole rings is 1. The molecule has 0 amide bonds. The van der Waals surface area contributed by atoms with Gasteiger partial charge in [0.05, 0.1) is 22.2 Å². The highest BCUT2D eigenvalue weighted by molar-refractivity contribution is 7.90. The lowest BCUT2D eigenvalue weighted by molar-refractivity contribution is -0.141. The molecule has 8 nitrogen and oxygen atoms in total. The molecule has 146 valence electrons. The van der Waals surface area contributed by atoms with E-state index >= 15 is 0 Å². The predicted molar refractivity (Wildman–Crippen MR) is 97.1 cm³/mol. The molecule has 0 saturated carbocycles. The van der Waals surface area contributed by atoms with Crippen LogP contribution in [0, 0.1) is 5.82 Å². The highest BCUT2D eigenvalue weighted by atomic mass is 32.2. The van der Waals surface area contributed by atoms with Gasteiger partial charge in [-0.1, -0.05) is 11.3 Å². The topological polar surface area (TPSA) is 96.2 Å². The number of carbonyl (C=O) groups excluding carboxylic acids is 1. The van der Waals surface area contributed by atoms with Crippen molar-refractivity contribution in [1.82, 2.24) is 4.57 Å². The van der Waals surface area contributed by atoms with Gasteiger partial charge < -0.3 is 18.8 Å². The fraction of sp³-hybridized carbons (Fsp3) is 0.176. The SMILES string of the molecule is COC(=O)Cn1c(=NS(=O)(=O)c2ccc(F)cc2)sc2cc3c(cc21)OCO3. The Morgan fingerprint density at radius 2 is 1.93 bits per heavy atom. The van der Waals surface area contributed by atoms with E-state index in [0.717, 1.165) is 35.6 Å². The molecule has 0 radical (unpaired) electrons. The van der Waals surface area contributed by atoms with Crippen LogP contribution < -0.4 is 14.3 Å². The van der Waals surface area contributed by atoms with Crippen LogP contribution in [0.2, 0.25) is 0 Å². The Bertz CT molecular complexity index is 1250. The van der Waals surface area contributed by atoms with Crippen molar-refractivity contribution in [2.75, 3.05) is 13.9 Å². The second kappa shape index (κ2) is 6.91. The maximum Gasteiger partial charge on any atom is 0.325 e. The summed E-state index contributed by atoms with van der Waals surface area (Å²) >= 11 is 1.07. The normalized spacial score (nSPS) is 13.9. The molecule has 28 heavy (non-hydrogen) atoms. The zero-order valence-electron chi connectivity index (χ0n) is 14.4. The molecule has 2 heterocycles. The minimum atomic E-state index is -4.12. The number of nitrogens with zero attached hydrogens (tertiary/aromatic N) is 2. The zero-order chi connectivity index (χ0) is 19.9. The number of halogens is 1. The molecule has 4 rings (SSSR count). The number of hydrogen-bond donors (Lipinski definition) is 0. The monoisotopic (exact) mass is 424 g/mol. The van der Waals surface area contributed by atoms with Crippen molar-refractivity contribution in [3.63, 3.8) is 0 Å². The summed E-state index contributed by atoms with van der Waals surface area (Å²) in [6.07, 6.45) is 0. The Kier molecular flexibility index (Phi) is 4.55. The summed E-state index contributed by atoms with van der Waals surface area (Å²) < 4.78 is 59.7. The van der Waals surface area contributed by atoms with Crippen LogP contribution in [-0.4, -0.2) is 32.9 Å². The van der Waals surface area contributed by atoms with Crippen molar-refractivity contribution in [1.29, 1.82) is 0 Å². The lowest BCUT2D eigenvalue weighted by Gasteiger charge is -2.04. The third kappa shape index (κ3) is 3.34. The van der Waals surface area contributed by atoms with Crippen molar-refractivity contribution < 1.29 is 31.8 Å². The van der Waals surface area contributed by atoms with Gasteiger partial charge in [0.15, 0.2) is 11.5 Å². The number of methoxy groups -OCH3 is 1. The number of esters is 1. The second-order valence-electron chi connectivity index (χ2n) is 5.74. The average Bonchev–Trinajstić information content (AvgIpc) is 3.24. The first-order valence-electron chi connectivity index (χ1n) is 7.94. The molecule has 0 bridgehead atoms. The van der Waals surface area contributed by atoms with Gasteiger partial charge in [-0.3, -0.25) is 4.79 Å². The zero-order valence-corrected chi connectivity index (χ0v) is 16.0. The second-order valence-corrected chi connectivity index (χ2v) is 8.35. The molecule has 3 aromatic rings. The van der Waals surface area contributed by atoms with E-state index in [1.165, 1.54) is 11.7 Å². The van der Waals surface area contributed by atoms with Gasteiger partial charge in [-0.15, -0.1) is 4.40 Å². The van der Waals surface area contributed by atoms with Crippen molar-refractivity contribution >= 4 is 37.5 Å². The van der Waals surface area contributed by atoms with E-state index < -0.39 is 21.8 Å². The summed E-state index contributed by atoms with van der Waals surface area (Å²) in [5.41, 5.74) is 0.549. The lowest BCUT2D eigenvalue weighted by atomic mass is 10.3. The highest BCUT2D eigenvalue weighted by Gasteiger charge is 2.20. The first-order chi connectivity index (χ1) is 13.4. The van der Waals surface area contributed by atoms with Gasteiger partial charge >= 0.3 is 5.97 Å². The molecule has 0 aliphatic carbocycles. The summed E-state index contributed by atoms with van der Waals surface area (Å²) in [4.78, 5) is 11.8. The van der Waals surface area contributed by atoms with Crippen molar-refractivity contribution in [2.24, 2.45) is 4.40 Å². The Morgan fingerprint density at radius 3 is 2.61 bits per heavy atom. The van der Waals surface area contributed by atoms with E-state index in [9.17, 15) is 17.6 Å². The lowest BCUT2D eigenvalue weighted by Crippen LogP contribution is -2.22. The molecule has 0 unspecified atom stereocenters. The van der Waals surface area contributed by atoms with Gasteiger partial charge in [-0.2, -0.15) is 8.42 Å². The minimum Gasteiger partial charge on any atom is -0.468 e. The molecule has 0 N–H and O–H groups in total. The molecule has 1 aliphatic rings. The molecular weight excluding hydrogens is 411 g/mol. The maximum absolute atomic E-state index is 13.1. The van der Waals surface area contributed by atoms with Crippen molar-refractivity contribution in [3.8, 4) is 11.5 Å². The summed E-state index contributed by atoms with van der Waals surface area (Å²) in [5.74, 6) is -0.127. The summed E-state index contributed by atoms with van der Waals surface area (Å²) in [7, 11) is -2.89. The third-order valence-electron chi connectivity index (χ3n) is 4.00. The van der Waals surface area contributed by atoms with Gasteiger partial charge in [-0.05, 0) is 24.3 Å². The number of rotatable bonds is 4. The maximum atomic E-state index is 13.1. The van der Waals surface area contributed by atoms with Crippen LogP contribution >= 0.6 is 11.3 Å². The molecule has 0 saturated heterocycles. The molecule has 11 heteroatoms. The van der Waals surface area contributed by atoms with Gasteiger partial charge in [0.2, 0.25) is 11.6 Å². The number of aromatic nitrogens is 1. The smallest absolute Gasteiger partial charge is 0.325 e. The van der Waals surface area contributed by atoms with Gasteiger partial charge in [0.25, 0.3) is 10.0 Å². The van der Waals surface area contributed by atoms with Crippen LogP contribution in [0.1, 0.15) is 0 Å². The van der Waals surface area contributed by atoms with Crippen LogP contribution in [0.4, 0.5) is 4.39 Å². The van der Waals surface area contributed by atoms with E-state index in [1.807, 2.05) is 0 Å². The molecule has 1 aliphatic heterocycles. The van der Waals surface area contributed by atoms with Crippen LogP contribution in [-0.2, 0) is 26.1 Å². The highest BCUT2D eigenvalue weighted by Crippen LogP contribution is 2.37. The molecule has 0 fully saturated rings. The van der Waals surface area contributed by atoms with Crippen molar-refractivity contribution in [2.45, 2.75) is 11.4 Å². The molecule has 0 atom stereocenters. The van der Waals surface area contributed by atoms with Crippen molar-refractivity contribution in [3.05, 3.63) is 47.0 Å². The third-order valence-corrected chi connectivity index (χ3v) is 6.44. The Labute approximate surface area is 162 Å². The van der Waals surface area contributed by atoms with Crippen LogP contribution in [0.3, 0.4) is 0 Å². The van der Waals surface area contributed by atoms with Gasteiger partial charge in [0, 0.05) is 12.1 Å².